The van der Waals surface area contributed by atoms with Gasteiger partial charge in [0.2, 0.25) is 0 Å². The third-order valence-electron chi connectivity index (χ3n) is 5.27. The molecule has 0 fully saturated rings. The summed E-state index contributed by atoms with van der Waals surface area (Å²) >= 11 is 0. The van der Waals surface area contributed by atoms with Gasteiger partial charge in [-0.2, -0.15) is 0 Å². The van der Waals surface area contributed by atoms with E-state index >= 15 is 0 Å². The van der Waals surface area contributed by atoms with Crippen LogP contribution in [0.2, 0.25) is 0 Å². The molecule has 2 aromatic carbocycles. The van der Waals surface area contributed by atoms with Gasteiger partial charge in [-0.05, 0) is 23.6 Å². The van der Waals surface area contributed by atoms with E-state index in [0.717, 1.165) is 16.7 Å². The maximum absolute atomic E-state index is 13.2. The Morgan fingerprint density at radius 3 is 2.39 bits per heavy atom. The van der Waals surface area contributed by atoms with E-state index in [4.69, 9.17) is 9.47 Å². The lowest BCUT2D eigenvalue weighted by atomic mass is 9.94. The summed E-state index contributed by atoms with van der Waals surface area (Å²) in [5.74, 6) is -0.796. The summed E-state index contributed by atoms with van der Waals surface area (Å²) in [6.45, 7) is 2.71. The van der Waals surface area contributed by atoms with Gasteiger partial charge in [-0.3, -0.25) is 4.79 Å². The SMILES string of the molecule is CCOC(=O)CCN(C)C(=O)N1Cc2ccccc2C[C@H]1C(=O)OCc1ccccc1. The highest BCUT2D eigenvalue weighted by Crippen LogP contribution is 2.25. The minimum atomic E-state index is -0.726. The number of fused-ring (bicyclic) bond motifs is 1. The molecule has 2 aromatic rings. The van der Waals surface area contributed by atoms with Crippen molar-refractivity contribution in [3.63, 3.8) is 0 Å². The number of rotatable bonds is 7. The molecular weight excluding hydrogens is 396 g/mol. The van der Waals surface area contributed by atoms with E-state index in [0.29, 0.717) is 19.6 Å². The molecule has 1 heterocycles. The lowest BCUT2D eigenvalue weighted by Gasteiger charge is -2.37. The van der Waals surface area contributed by atoms with Crippen molar-refractivity contribution in [2.45, 2.75) is 39.0 Å². The Balaban J connectivity index is 1.72. The van der Waals surface area contributed by atoms with Crippen molar-refractivity contribution in [2.75, 3.05) is 20.2 Å². The molecule has 1 aliphatic heterocycles. The third-order valence-corrected chi connectivity index (χ3v) is 5.27. The predicted molar refractivity (Wildman–Crippen MR) is 115 cm³/mol. The van der Waals surface area contributed by atoms with Crippen molar-refractivity contribution < 1.29 is 23.9 Å². The molecule has 0 radical (unpaired) electrons. The average molecular weight is 424 g/mol. The summed E-state index contributed by atoms with van der Waals surface area (Å²) < 4.78 is 10.5. The van der Waals surface area contributed by atoms with Crippen molar-refractivity contribution in [1.82, 2.24) is 9.80 Å². The summed E-state index contributed by atoms with van der Waals surface area (Å²) in [5.41, 5.74) is 2.92. The molecule has 31 heavy (non-hydrogen) atoms. The Morgan fingerprint density at radius 2 is 1.68 bits per heavy atom. The number of hydrogen-bond acceptors (Lipinski definition) is 5. The van der Waals surface area contributed by atoms with Gasteiger partial charge in [0.1, 0.15) is 12.6 Å². The van der Waals surface area contributed by atoms with E-state index in [2.05, 4.69) is 0 Å². The number of esters is 2. The fourth-order valence-corrected chi connectivity index (χ4v) is 3.57. The standard InChI is InChI=1S/C24H28N2O5/c1-3-30-22(27)13-14-25(2)24(29)26-16-20-12-8-7-11-19(20)15-21(26)23(28)31-17-18-9-5-4-6-10-18/h4-12,21H,3,13-17H2,1-2H3/t21-/m0/s1. The zero-order valence-electron chi connectivity index (χ0n) is 18.0. The van der Waals surface area contributed by atoms with Crippen LogP contribution in [0.15, 0.2) is 54.6 Å². The van der Waals surface area contributed by atoms with Gasteiger partial charge in [0.25, 0.3) is 0 Å². The maximum Gasteiger partial charge on any atom is 0.329 e. The van der Waals surface area contributed by atoms with Crippen LogP contribution in [0.5, 0.6) is 0 Å². The third kappa shape index (κ3) is 5.84. The molecule has 7 heteroatoms. The van der Waals surface area contributed by atoms with Crippen LogP contribution in [0, 0.1) is 0 Å². The van der Waals surface area contributed by atoms with Gasteiger partial charge in [-0.15, -0.1) is 0 Å². The van der Waals surface area contributed by atoms with Gasteiger partial charge in [-0.1, -0.05) is 54.6 Å². The van der Waals surface area contributed by atoms with Gasteiger partial charge < -0.3 is 19.3 Å². The quantitative estimate of drug-likeness (QED) is 0.638. The maximum atomic E-state index is 13.2. The normalized spacial score (nSPS) is 15.0. The molecule has 0 saturated heterocycles. The first-order valence-electron chi connectivity index (χ1n) is 10.4. The fraction of sp³-hybridized carbons (Fsp3) is 0.375. The first-order chi connectivity index (χ1) is 15.0. The lowest BCUT2D eigenvalue weighted by molar-refractivity contribution is -0.151. The molecule has 1 atom stereocenters. The molecule has 0 aliphatic carbocycles. The largest absolute Gasteiger partial charge is 0.466 e. The number of benzene rings is 2. The number of nitrogens with zero attached hydrogens (tertiary/aromatic N) is 2. The molecule has 0 saturated carbocycles. The van der Waals surface area contributed by atoms with Gasteiger partial charge in [0.05, 0.1) is 13.0 Å². The number of carbonyl (C=O) groups is 3. The minimum Gasteiger partial charge on any atom is -0.466 e. The zero-order valence-corrected chi connectivity index (χ0v) is 18.0. The van der Waals surface area contributed by atoms with Crippen LogP contribution in [0.4, 0.5) is 4.79 Å². The number of ether oxygens (including phenoxy) is 2. The molecule has 0 aromatic heterocycles. The van der Waals surface area contributed by atoms with Gasteiger partial charge in [0.15, 0.2) is 0 Å². The van der Waals surface area contributed by atoms with E-state index < -0.39 is 12.0 Å². The number of amides is 2. The van der Waals surface area contributed by atoms with Crippen LogP contribution >= 0.6 is 0 Å². The van der Waals surface area contributed by atoms with Crippen LogP contribution in [0.1, 0.15) is 30.0 Å². The highest BCUT2D eigenvalue weighted by molar-refractivity contribution is 5.85. The number of carbonyl (C=O) groups excluding carboxylic acids is 3. The topological polar surface area (TPSA) is 76.2 Å². The first kappa shape index (κ1) is 22.3. The Morgan fingerprint density at radius 1 is 1.00 bits per heavy atom. The minimum absolute atomic E-state index is 0.101. The number of hydrogen-bond donors (Lipinski definition) is 0. The predicted octanol–water partition coefficient (Wildman–Crippen LogP) is 3.16. The van der Waals surface area contributed by atoms with Crippen molar-refractivity contribution in [2.24, 2.45) is 0 Å². The molecule has 0 unspecified atom stereocenters. The van der Waals surface area contributed by atoms with Crippen LogP contribution in [0.25, 0.3) is 0 Å². The second-order valence-corrected chi connectivity index (χ2v) is 7.47. The van der Waals surface area contributed by atoms with Crippen LogP contribution < -0.4 is 0 Å². The van der Waals surface area contributed by atoms with E-state index in [1.165, 1.54) is 9.80 Å². The monoisotopic (exact) mass is 424 g/mol. The van der Waals surface area contributed by atoms with Gasteiger partial charge >= 0.3 is 18.0 Å². The van der Waals surface area contributed by atoms with E-state index in [-0.39, 0.29) is 31.6 Å². The first-order valence-corrected chi connectivity index (χ1v) is 10.4. The summed E-state index contributed by atoms with van der Waals surface area (Å²) in [7, 11) is 1.62. The second kappa shape index (κ2) is 10.6. The second-order valence-electron chi connectivity index (χ2n) is 7.47. The Labute approximate surface area is 182 Å². The molecule has 7 nitrogen and oxygen atoms in total. The molecule has 0 spiro atoms. The Bertz CT molecular complexity index is 915. The van der Waals surface area contributed by atoms with Gasteiger partial charge in [-0.25, -0.2) is 9.59 Å². The molecule has 164 valence electrons. The van der Waals surface area contributed by atoms with Crippen molar-refractivity contribution in [3.8, 4) is 0 Å². The smallest absolute Gasteiger partial charge is 0.329 e. The van der Waals surface area contributed by atoms with Crippen LogP contribution in [0.3, 0.4) is 0 Å². The summed E-state index contributed by atoms with van der Waals surface area (Å²) in [4.78, 5) is 40.8. The Kier molecular flexibility index (Phi) is 7.65. The summed E-state index contributed by atoms with van der Waals surface area (Å²) in [6, 6.07) is 16.2. The molecule has 0 N–H and O–H groups in total. The molecule has 1 aliphatic rings. The van der Waals surface area contributed by atoms with Crippen molar-refractivity contribution in [1.29, 1.82) is 0 Å². The number of urea groups is 1. The fourth-order valence-electron chi connectivity index (χ4n) is 3.57. The molecule has 0 bridgehead atoms. The molecular formula is C24H28N2O5. The summed E-state index contributed by atoms with van der Waals surface area (Å²) in [5, 5.41) is 0. The highest BCUT2D eigenvalue weighted by atomic mass is 16.5. The van der Waals surface area contributed by atoms with Crippen molar-refractivity contribution in [3.05, 3.63) is 71.3 Å². The van der Waals surface area contributed by atoms with E-state index in [1.54, 1.807) is 14.0 Å². The lowest BCUT2D eigenvalue weighted by Crippen LogP contribution is -2.53. The van der Waals surface area contributed by atoms with E-state index in [1.807, 2.05) is 54.6 Å². The molecule has 3 rings (SSSR count). The summed E-state index contributed by atoms with van der Waals surface area (Å²) in [6.07, 6.45) is 0.491. The van der Waals surface area contributed by atoms with Crippen molar-refractivity contribution >= 4 is 18.0 Å². The zero-order chi connectivity index (χ0) is 22.2. The van der Waals surface area contributed by atoms with E-state index in [9.17, 15) is 14.4 Å². The molecule has 2 amide bonds. The average Bonchev–Trinajstić information content (AvgIpc) is 2.80. The van der Waals surface area contributed by atoms with Gasteiger partial charge in [0, 0.05) is 26.6 Å². The van der Waals surface area contributed by atoms with Crippen LogP contribution in [-0.2, 0) is 38.6 Å². The highest BCUT2D eigenvalue weighted by Gasteiger charge is 2.37. The Hall–Kier alpha value is -3.35. The van der Waals surface area contributed by atoms with Crippen LogP contribution in [-0.4, -0.2) is 54.0 Å².